The molecule has 0 spiro atoms. The van der Waals surface area contributed by atoms with E-state index in [-0.39, 0.29) is 30.7 Å². The number of nitrogens with one attached hydrogen (secondary N) is 1. The summed E-state index contributed by atoms with van der Waals surface area (Å²) in [6.45, 7) is 0. The average molecular weight is 184 g/mol. The molecule has 2 aliphatic heterocycles. The largest absolute Gasteiger partial charge is 0.478 e. The van der Waals surface area contributed by atoms with E-state index in [0.29, 0.717) is 0 Å². The number of carbonyl (C=O) groups excluding carboxylic acids is 2. The number of hydrogen-bond acceptors (Lipinski definition) is 3. The maximum absolute atomic E-state index is 11.0. The van der Waals surface area contributed by atoms with Gasteiger partial charge < -0.3 is 15.3 Å². The highest BCUT2D eigenvalue weighted by Crippen LogP contribution is 2.27. The summed E-state index contributed by atoms with van der Waals surface area (Å²) in [5, 5.41) is 10.9. The molecule has 2 saturated heterocycles. The molecule has 2 amide bonds. The second-order valence-corrected chi connectivity index (χ2v) is 3.17. The molecule has 0 radical (unpaired) electrons. The third kappa shape index (κ3) is 1.06. The Morgan fingerprint density at radius 1 is 1.46 bits per heavy atom. The van der Waals surface area contributed by atoms with Crippen molar-refractivity contribution in [1.82, 2.24) is 10.2 Å². The number of hydrogen-bond donors (Lipinski definition) is 2. The third-order valence-electron chi connectivity index (χ3n) is 2.32. The SMILES string of the molecule is O=C1C[C@H]2CC(=O)N2[C@H](C(=O)O)N1. The Balaban J connectivity index is 2.19. The fraction of sp³-hybridized carbons (Fsp3) is 0.571. The number of carbonyl (C=O) groups is 3. The monoisotopic (exact) mass is 184 g/mol. The van der Waals surface area contributed by atoms with Gasteiger partial charge in [0.1, 0.15) is 0 Å². The minimum atomic E-state index is -1.19. The van der Waals surface area contributed by atoms with Gasteiger partial charge in [0.25, 0.3) is 0 Å². The van der Waals surface area contributed by atoms with Crippen molar-refractivity contribution in [3.8, 4) is 0 Å². The van der Waals surface area contributed by atoms with Crippen molar-refractivity contribution in [1.29, 1.82) is 0 Å². The van der Waals surface area contributed by atoms with Gasteiger partial charge in [-0.15, -0.1) is 0 Å². The average Bonchev–Trinajstić information content (AvgIpc) is 2.01. The molecule has 0 aromatic carbocycles. The van der Waals surface area contributed by atoms with Gasteiger partial charge in [0.15, 0.2) is 0 Å². The summed E-state index contributed by atoms with van der Waals surface area (Å²) in [4.78, 5) is 33.8. The van der Waals surface area contributed by atoms with Crippen LogP contribution in [-0.4, -0.2) is 40.0 Å². The summed E-state index contributed by atoms with van der Waals surface area (Å²) in [7, 11) is 0. The molecule has 2 fully saturated rings. The fourth-order valence-electron chi connectivity index (χ4n) is 1.70. The minimum Gasteiger partial charge on any atom is -0.478 e. The first-order valence-electron chi connectivity index (χ1n) is 3.93. The second kappa shape index (κ2) is 2.45. The van der Waals surface area contributed by atoms with Crippen LogP contribution in [-0.2, 0) is 14.4 Å². The lowest BCUT2D eigenvalue weighted by molar-refractivity contribution is -0.170. The van der Waals surface area contributed by atoms with E-state index < -0.39 is 12.1 Å². The number of nitrogens with zero attached hydrogens (tertiary/aromatic N) is 1. The van der Waals surface area contributed by atoms with Crippen molar-refractivity contribution in [2.75, 3.05) is 0 Å². The zero-order valence-corrected chi connectivity index (χ0v) is 6.69. The number of fused-ring (bicyclic) bond motifs is 1. The zero-order chi connectivity index (χ0) is 9.59. The smallest absolute Gasteiger partial charge is 0.347 e. The van der Waals surface area contributed by atoms with Crippen LogP contribution in [0.15, 0.2) is 0 Å². The molecule has 0 bridgehead atoms. The number of β-lactam (4-membered cyclic amide) rings is 1. The normalized spacial score (nSPS) is 31.8. The summed E-state index contributed by atoms with van der Waals surface area (Å²) in [5.41, 5.74) is 0. The Hall–Kier alpha value is -1.59. The van der Waals surface area contributed by atoms with E-state index in [1.165, 1.54) is 4.90 Å². The third-order valence-corrected chi connectivity index (χ3v) is 2.32. The standard InChI is InChI=1S/C7H8N2O4/c10-4-1-3-2-5(11)9(3)6(8-4)7(12)13/h3,6H,1-2H2,(H,8,10)(H,12,13)/t3-,6+/m0/s1. The van der Waals surface area contributed by atoms with Crippen LogP contribution in [0.4, 0.5) is 0 Å². The molecule has 0 aliphatic carbocycles. The molecule has 0 aromatic rings. The fourth-order valence-corrected chi connectivity index (χ4v) is 1.70. The quantitative estimate of drug-likeness (QED) is 0.486. The molecule has 2 heterocycles. The van der Waals surface area contributed by atoms with E-state index in [4.69, 9.17) is 5.11 Å². The van der Waals surface area contributed by atoms with E-state index in [9.17, 15) is 14.4 Å². The number of carboxylic acids is 1. The van der Waals surface area contributed by atoms with Gasteiger partial charge in [-0.3, -0.25) is 9.59 Å². The predicted octanol–water partition coefficient (Wildman–Crippen LogP) is -1.48. The minimum absolute atomic E-state index is 0.206. The van der Waals surface area contributed by atoms with Crippen LogP contribution in [0.3, 0.4) is 0 Å². The summed E-state index contributed by atoms with van der Waals surface area (Å²) >= 11 is 0. The zero-order valence-electron chi connectivity index (χ0n) is 6.69. The van der Waals surface area contributed by atoms with Crippen LogP contribution in [0, 0.1) is 0 Å². The highest BCUT2D eigenvalue weighted by atomic mass is 16.4. The molecule has 6 nitrogen and oxygen atoms in total. The lowest BCUT2D eigenvalue weighted by Gasteiger charge is -2.46. The van der Waals surface area contributed by atoms with Crippen LogP contribution in [0.2, 0.25) is 0 Å². The highest BCUT2D eigenvalue weighted by molar-refractivity contribution is 5.94. The maximum atomic E-state index is 11.0. The molecule has 6 heteroatoms. The van der Waals surface area contributed by atoms with Crippen LogP contribution in [0.25, 0.3) is 0 Å². The van der Waals surface area contributed by atoms with Crippen LogP contribution < -0.4 is 5.32 Å². The Morgan fingerprint density at radius 2 is 2.15 bits per heavy atom. The predicted molar refractivity (Wildman–Crippen MR) is 39.4 cm³/mol. The van der Waals surface area contributed by atoms with Gasteiger partial charge in [-0.2, -0.15) is 0 Å². The molecule has 2 rings (SSSR count). The molecular formula is C7H8N2O4. The molecule has 0 unspecified atom stereocenters. The Bertz CT molecular complexity index is 299. The molecule has 2 aliphatic rings. The molecule has 13 heavy (non-hydrogen) atoms. The van der Waals surface area contributed by atoms with Gasteiger partial charge in [0, 0.05) is 12.8 Å². The lowest BCUT2D eigenvalue weighted by Crippen LogP contribution is -2.69. The van der Waals surface area contributed by atoms with Crippen molar-refractivity contribution < 1.29 is 19.5 Å². The van der Waals surface area contributed by atoms with Gasteiger partial charge in [-0.1, -0.05) is 0 Å². The summed E-state index contributed by atoms with van der Waals surface area (Å²) in [6.07, 6.45) is -0.653. The molecule has 2 atom stereocenters. The summed E-state index contributed by atoms with van der Waals surface area (Å²) in [5.74, 6) is -1.70. The van der Waals surface area contributed by atoms with Crippen molar-refractivity contribution in [2.24, 2.45) is 0 Å². The number of rotatable bonds is 1. The van der Waals surface area contributed by atoms with Crippen molar-refractivity contribution in [3.05, 3.63) is 0 Å². The van der Waals surface area contributed by atoms with E-state index in [1.54, 1.807) is 0 Å². The second-order valence-electron chi connectivity index (χ2n) is 3.17. The van der Waals surface area contributed by atoms with E-state index in [2.05, 4.69) is 5.32 Å². The number of carboxylic acid groups (broad SMARTS) is 1. The number of amides is 2. The van der Waals surface area contributed by atoms with E-state index >= 15 is 0 Å². The molecule has 0 saturated carbocycles. The van der Waals surface area contributed by atoms with Crippen molar-refractivity contribution in [2.45, 2.75) is 25.0 Å². The van der Waals surface area contributed by atoms with Gasteiger partial charge >= 0.3 is 5.97 Å². The van der Waals surface area contributed by atoms with E-state index in [0.717, 1.165) is 0 Å². The molecule has 2 N–H and O–H groups in total. The van der Waals surface area contributed by atoms with E-state index in [1.807, 2.05) is 0 Å². The van der Waals surface area contributed by atoms with Crippen LogP contribution >= 0.6 is 0 Å². The first kappa shape index (κ1) is 8.03. The van der Waals surface area contributed by atoms with Gasteiger partial charge in [-0.25, -0.2) is 4.79 Å². The van der Waals surface area contributed by atoms with Crippen molar-refractivity contribution in [3.63, 3.8) is 0 Å². The Kier molecular flexibility index (Phi) is 1.51. The maximum Gasteiger partial charge on any atom is 0.347 e. The number of aliphatic carboxylic acids is 1. The topological polar surface area (TPSA) is 86.7 Å². The summed E-state index contributed by atoms with van der Waals surface area (Å²) < 4.78 is 0. The Morgan fingerprint density at radius 3 is 2.69 bits per heavy atom. The van der Waals surface area contributed by atoms with Crippen molar-refractivity contribution >= 4 is 17.8 Å². The molecular weight excluding hydrogens is 176 g/mol. The van der Waals surface area contributed by atoms with Gasteiger partial charge in [-0.05, 0) is 0 Å². The lowest BCUT2D eigenvalue weighted by atomic mass is 9.94. The first-order chi connectivity index (χ1) is 6.09. The van der Waals surface area contributed by atoms with Gasteiger partial charge in [0.05, 0.1) is 6.04 Å². The Labute approximate surface area is 73.5 Å². The van der Waals surface area contributed by atoms with Crippen LogP contribution in [0.1, 0.15) is 12.8 Å². The summed E-state index contributed by atoms with van der Waals surface area (Å²) in [6, 6.07) is -0.206. The highest BCUT2D eigenvalue weighted by Gasteiger charge is 2.48. The molecule has 70 valence electrons. The first-order valence-corrected chi connectivity index (χ1v) is 3.93. The van der Waals surface area contributed by atoms with Crippen LogP contribution in [0.5, 0.6) is 0 Å². The van der Waals surface area contributed by atoms with Gasteiger partial charge in [0.2, 0.25) is 18.0 Å². The molecule has 0 aromatic heterocycles.